The molecular weight excluding hydrogens is 318 g/mol. The lowest BCUT2D eigenvalue weighted by Gasteiger charge is -2.64. The Bertz CT molecular complexity index is 571. The molecule has 0 aromatic heterocycles. The first kappa shape index (κ1) is 18.8. The van der Waals surface area contributed by atoms with Crippen molar-refractivity contribution in [3.8, 4) is 0 Å². The molecule has 2 heteroatoms. The van der Waals surface area contributed by atoms with E-state index in [-0.39, 0.29) is 5.41 Å². The minimum Gasteiger partial charge on any atom is -0.411 e. The Morgan fingerprint density at radius 2 is 1.81 bits per heavy atom. The van der Waals surface area contributed by atoms with Crippen LogP contribution < -0.4 is 0 Å². The summed E-state index contributed by atoms with van der Waals surface area (Å²) in [6, 6.07) is 0. The molecule has 7 atom stereocenters. The fourth-order valence-corrected chi connectivity index (χ4v) is 8.65. The lowest BCUT2D eigenvalue weighted by atomic mass is 9.40. The van der Waals surface area contributed by atoms with Gasteiger partial charge in [0.2, 0.25) is 0 Å². The van der Waals surface area contributed by atoms with Crippen LogP contribution >= 0.6 is 0 Å². The van der Waals surface area contributed by atoms with Gasteiger partial charge in [0, 0.05) is 5.41 Å². The Hall–Kier alpha value is -0.530. The summed E-state index contributed by atoms with van der Waals surface area (Å²) < 4.78 is 0. The van der Waals surface area contributed by atoms with Gasteiger partial charge in [-0.1, -0.05) is 58.5 Å². The summed E-state index contributed by atoms with van der Waals surface area (Å²) in [7, 11) is 0. The second-order valence-corrected chi connectivity index (χ2v) is 11.0. The van der Waals surface area contributed by atoms with Gasteiger partial charge in [0.1, 0.15) is 0 Å². The standard InChI is InChI=1S/C24H41NO/c1-5-6-9-18-13-15-23(3)19-12-11-17-10-7-8-14-22(17,2)20(19)16-21(25-26)24(18,23)4/h17-20,26H,5-16H2,1-4H3/b25-21+. The molecule has 0 aliphatic heterocycles. The van der Waals surface area contributed by atoms with E-state index < -0.39 is 0 Å². The molecule has 4 rings (SSSR count). The van der Waals surface area contributed by atoms with Crippen molar-refractivity contribution in [1.82, 2.24) is 0 Å². The Kier molecular flexibility index (Phi) is 4.72. The first-order valence-electron chi connectivity index (χ1n) is 11.6. The third kappa shape index (κ3) is 2.32. The Balaban J connectivity index is 1.72. The number of unbranched alkanes of at least 4 members (excludes halogenated alkanes) is 1. The highest BCUT2D eigenvalue weighted by Crippen LogP contribution is 2.72. The molecule has 2 nitrogen and oxygen atoms in total. The summed E-state index contributed by atoms with van der Waals surface area (Å²) in [4.78, 5) is 0. The molecule has 7 unspecified atom stereocenters. The lowest BCUT2D eigenvalue weighted by molar-refractivity contribution is -0.111. The van der Waals surface area contributed by atoms with E-state index in [2.05, 4.69) is 32.9 Å². The Morgan fingerprint density at radius 1 is 1.00 bits per heavy atom. The van der Waals surface area contributed by atoms with Gasteiger partial charge in [-0.3, -0.25) is 0 Å². The molecule has 26 heavy (non-hydrogen) atoms. The molecule has 0 saturated heterocycles. The predicted molar refractivity (Wildman–Crippen MR) is 109 cm³/mol. The van der Waals surface area contributed by atoms with E-state index in [0.29, 0.717) is 10.8 Å². The van der Waals surface area contributed by atoms with Crippen LogP contribution in [0.5, 0.6) is 0 Å². The van der Waals surface area contributed by atoms with Crippen molar-refractivity contribution in [3.05, 3.63) is 0 Å². The number of oxime groups is 1. The average molecular weight is 360 g/mol. The normalized spacial score (nSPS) is 52.4. The fourth-order valence-electron chi connectivity index (χ4n) is 8.65. The molecule has 4 saturated carbocycles. The van der Waals surface area contributed by atoms with Gasteiger partial charge in [-0.25, -0.2) is 0 Å². The van der Waals surface area contributed by atoms with Crippen molar-refractivity contribution in [3.63, 3.8) is 0 Å². The quantitative estimate of drug-likeness (QED) is 0.425. The van der Waals surface area contributed by atoms with E-state index in [0.717, 1.165) is 30.1 Å². The number of hydrogen-bond donors (Lipinski definition) is 1. The fraction of sp³-hybridized carbons (Fsp3) is 0.958. The molecule has 1 N–H and O–H groups in total. The molecule has 0 aromatic rings. The van der Waals surface area contributed by atoms with Gasteiger partial charge in [0.05, 0.1) is 5.71 Å². The monoisotopic (exact) mass is 359 g/mol. The number of rotatable bonds is 3. The highest BCUT2D eigenvalue weighted by Gasteiger charge is 2.67. The SMILES string of the molecule is CCCCC1CCC2(C)C3CCC4CCCCC4(C)C3C/C(=N\O)C12C. The van der Waals surface area contributed by atoms with Crippen molar-refractivity contribution in [1.29, 1.82) is 0 Å². The van der Waals surface area contributed by atoms with E-state index in [9.17, 15) is 5.21 Å². The zero-order chi connectivity index (χ0) is 18.6. The van der Waals surface area contributed by atoms with Gasteiger partial charge in [0.15, 0.2) is 0 Å². The smallest absolute Gasteiger partial charge is 0.0641 e. The van der Waals surface area contributed by atoms with E-state index in [1.165, 1.54) is 76.3 Å². The molecule has 4 aliphatic carbocycles. The van der Waals surface area contributed by atoms with Crippen LogP contribution in [0.3, 0.4) is 0 Å². The molecule has 0 radical (unpaired) electrons. The third-order valence-corrected chi connectivity index (χ3v) is 10.5. The van der Waals surface area contributed by atoms with Crippen LogP contribution in [0.2, 0.25) is 0 Å². The largest absolute Gasteiger partial charge is 0.411 e. The second kappa shape index (κ2) is 6.52. The highest BCUT2D eigenvalue weighted by molar-refractivity contribution is 5.92. The minimum absolute atomic E-state index is 0.121. The summed E-state index contributed by atoms with van der Waals surface area (Å²) in [5, 5.41) is 14.2. The maximum absolute atomic E-state index is 10.1. The average Bonchev–Trinajstić information content (AvgIpc) is 2.91. The van der Waals surface area contributed by atoms with Crippen LogP contribution in [-0.2, 0) is 0 Å². The van der Waals surface area contributed by atoms with Gasteiger partial charge in [-0.2, -0.15) is 0 Å². The maximum atomic E-state index is 10.1. The van der Waals surface area contributed by atoms with E-state index in [1.807, 2.05) is 0 Å². The van der Waals surface area contributed by atoms with Crippen molar-refractivity contribution in [2.75, 3.05) is 0 Å². The first-order valence-corrected chi connectivity index (χ1v) is 11.6. The molecule has 0 aromatic carbocycles. The van der Waals surface area contributed by atoms with Crippen LogP contribution in [0.15, 0.2) is 5.16 Å². The van der Waals surface area contributed by atoms with Crippen molar-refractivity contribution in [2.24, 2.45) is 45.1 Å². The highest BCUT2D eigenvalue weighted by atomic mass is 16.4. The summed E-state index contributed by atoms with van der Waals surface area (Å²) in [5.74, 6) is 3.22. The van der Waals surface area contributed by atoms with E-state index >= 15 is 0 Å². The lowest BCUT2D eigenvalue weighted by Crippen LogP contribution is -2.60. The minimum atomic E-state index is 0.121. The second-order valence-electron chi connectivity index (χ2n) is 11.0. The van der Waals surface area contributed by atoms with Gasteiger partial charge in [-0.05, 0) is 85.9 Å². The first-order chi connectivity index (χ1) is 12.4. The summed E-state index contributed by atoms with van der Waals surface area (Å²) in [6.07, 6.45) is 16.3. The topological polar surface area (TPSA) is 32.6 Å². The zero-order valence-electron chi connectivity index (χ0n) is 17.7. The zero-order valence-corrected chi connectivity index (χ0v) is 17.7. The predicted octanol–water partition coefficient (Wildman–Crippen LogP) is 7.06. The molecule has 148 valence electrons. The molecule has 0 spiro atoms. The van der Waals surface area contributed by atoms with Crippen LogP contribution in [-0.4, -0.2) is 10.9 Å². The Labute approximate surface area is 161 Å². The molecule has 0 heterocycles. The van der Waals surface area contributed by atoms with Crippen molar-refractivity contribution < 1.29 is 5.21 Å². The summed E-state index contributed by atoms with van der Waals surface area (Å²) in [6.45, 7) is 9.99. The number of nitrogens with zero attached hydrogens (tertiary/aromatic N) is 1. The van der Waals surface area contributed by atoms with Crippen LogP contribution in [0.1, 0.15) is 105 Å². The number of hydrogen-bond acceptors (Lipinski definition) is 2. The summed E-state index contributed by atoms with van der Waals surface area (Å²) in [5.41, 5.74) is 2.12. The Morgan fingerprint density at radius 3 is 2.54 bits per heavy atom. The van der Waals surface area contributed by atoms with Crippen LogP contribution in [0.4, 0.5) is 0 Å². The third-order valence-electron chi connectivity index (χ3n) is 10.5. The number of fused-ring (bicyclic) bond motifs is 5. The van der Waals surface area contributed by atoms with Crippen molar-refractivity contribution >= 4 is 5.71 Å². The van der Waals surface area contributed by atoms with Crippen LogP contribution in [0, 0.1) is 39.9 Å². The van der Waals surface area contributed by atoms with Crippen molar-refractivity contribution in [2.45, 2.75) is 105 Å². The van der Waals surface area contributed by atoms with E-state index in [4.69, 9.17) is 0 Å². The van der Waals surface area contributed by atoms with Gasteiger partial charge in [0.25, 0.3) is 0 Å². The van der Waals surface area contributed by atoms with Gasteiger partial charge >= 0.3 is 0 Å². The maximum Gasteiger partial charge on any atom is 0.0641 e. The van der Waals surface area contributed by atoms with Crippen LogP contribution in [0.25, 0.3) is 0 Å². The van der Waals surface area contributed by atoms with Gasteiger partial charge < -0.3 is 5.21 Å². The molecular formula is C24H41NO. The van der Waals surface area contributed by atoms with Gasteiger partial charge in [-0.15, -0.1) is 0 Å². The molecule has 0 amide bonds. The molecule has 4 fully saturated rings. The summed E-state index contributed by atoms with van der Waals surface area (Å²) >= 11 is 0. The molecule has 4 aliphatic rings. The van der Waals surface area contributed by atoms with E-state index in [1.54, 1.807) is 0 Å². The molecule has 0 bridgehead atoms.